The van der Waals surface area contributed by atoms with Crippen LogP contribution in [0.1, 0.15) is 23.7 Å². The summed E-state index contributed by atoms with van der Waals surface area (Å²) in [6, 6.07) is 8.46. The molecule has 0 unspecified atom stereocenters. The Labute approximate surface area is 123 Å². The van der Waals surface area contributed by atoms with Crippen molar-refractivity contribution in [2.75, 3.05) is 13.7 Å². The number of carbonyl (C=O) groups excluding carboxylic acids is 3. The van der Waals surface area contributed by atoms with Crippen LogP contribution in [-0.4, -0.2) is 31.4 Å². The van der Waals surface area contributed by atoms with Crippen LogP contribution in [0.25, 0.3) is 0 Å². The summed E-state index contributed by atoms with van der Waals surface area (Å²) < 4.78 is 4.53. The number of esters is 1. The third kappa shape index (κ3) is 5.10. The molecule has 112 valence electrons. The lowest BCUT2D eigenvalue weighted by Crippen LogP contribution is -2.31. The molecule has 0 aliphatic heterocycles. The van der Waals surface area contributed by atoms with Crippen LogP contribution in [0.15, 0.2) is 42.1 Å². The normalized spacial score (nSPS) is 10.7. The molecule has 0 aliphatic rings. The molecule has 0 spiro atoms. The van der Waals surface area contributed by atoms with Crippen molar-refractivity contribution in [2.45, 2.75) is 13.3 Å². The van der Waals surface area contributed by atoms with E-state index >= 15 is 0 Å². The highest BCUT2D eigenvalue weighted by molar-refractivity contribution is 6.16. The fourth-order valence-corrected chi connectivity index (χ4v) is 1.47. The van der Waals surface area contributed by atoms with Gasteiger partial charge < -0.3 is 15.4 Å². The Balaban J connectivity index is 2.81. The summed E-state index contributed by atoms with van der Waals surface area (Å²) in [6.07, 6.45) is 1.79. The number of nitrogens with one attached hydrogen (secondary N) is 2. The lowest BCUT2D eigenvalue weighted by molar-refractivity contribution is -0.138. The van der Waals surface area contributed by atoms with Gasteiger partial charge in [-0.1, -0.05) is 25.1 Å². The van der Waals surface area contributed by atoms with Crippen LogP contribution in [0.3, 0.4) is 0 Å². The summed E-state index contributed by atoms with van der Waals surface area (Å²) in [7, 11) is 1.17. The van der Waals surface area contributed by atoms with Crippen LogP contribution in [-0.2, 0) is 14.3 Å². The molecule has 0 saturated heterocycles. The van der Waals surface area contributed by atoms with Gasteiger partial charge in [-0.15, -0.1) is 0 Å². The Morgan fingerprint density at radius 1 is 1.19 bits per heavy atom. The first kappa shape index (κ1) is 16.4. The van der Waals surface area contributed by atoms with E-state index in [1.807, 2.05) is 6.92 Å². The van der Waals surface area contributed by atoms with E-state index in [9.17, 15) is 14.4 Å². The van der Waals surface area contributed by atoms with Crippen LogP contribution in [0, 0.1) is 0 Å². The fraction of sp³-hybridized carbons (Fsp3) is 0.267. The van der Waals surface area contributed by atoms with E-state index in [1.165, 1.54) is 7.11 Å². The topological polar surface area (TPSA) is 84.5 Å². The predicted octanol–water partition coefficient (Wildman–Crippen LogP) is 0.999. The summed E-state index contributed by atoms with van der Waals surface area (Å²) in [6.45, 7) is 2.32. The maximum absolute atomic E-state index is 11.9. The predicted molar refractivity (Wildman–Crippen MR) is 77.3 cm³/mol. The van der Waals surface area contributed by atoms with E-state index in [-0.39, 0.29) is 5.57 Å². The Morgan fingerprint density at radius 2 is 1.86 bits per heavy atom. The molecule has 21 heavy (non-hydrogen) atoms. The number of hydrogen-bond donors (Lipinski definition) is 2. The second kappa shape index (κ2) is 8.52. The highest BCUT2D eigenvalue weighted by Gasteiger charge is 2.19. The molecule has 1 aromatic rings. The second-order valence-electron chi connectivity index (χ2n) is 4.14. The van der Waals surface area contributed by atoms with Gasteiger partial charge in [-0.25, -0.2) is 4.79 Å². The lowest BCUT2D eigenvalue weighted by Gasteiger charge is -2.07. The number of benzene rings is 1. The van der Waals surface area contributed by atoms with Gasteiger partial charge in [0.05, 0.1) is 7.11 Å². The minimum atomic E-state index is -0.808. The SMILES string of the molecule is CCCNC(=O)/C(=C/NC(=O)c1ccccc1)C(=O)OC. The number of rotatable bonds is 6. The van der Waals surface area contributed by atoms with E-state index in [2.05, 4.69) is 15.4 Å². The van der Waals surface area contributed by atoms with Crippen LogP contribution in [0.4, 0.5) is 0 Å². The number of amides is 2. The van der Waals surface area contributed by atoms with Gasteiger partial charge in [0.15, 0.2) is 0 Å². The quantitative estimate of drug-likeness (QED) is 0.354. The van der Waals surface area contributed by atoms with E-state index < -0.39 is 17.8 Å². The number of methoxy groups -OCH3 is 1. The van der Waals surface area contributed by atoms with Gasteiger partial charge in [-0.05, 0) is 18.6 Å². The first-order chi connectivity index (χ1) is 10.1. The van der Waals surface area contributed by atoms with Crippen molar-refractivity contribution in [2.24, 2.45) is 0 Å². The van der Waals surface area contributed by atoms with Crippen LogP contribution >= 0.6 is 0 Å². The number of ether oxygens (including phenoxy) is 1. The summed E-state index contributed by atoms with van der Waals surface area (Å²) in [5.41, 5.74) is 0.169. The average molecular weight is 290 g/mol. The largest absolute Gasteiger partial charge is 0.465 e. The van der Waals surface area contributed by atoms with Crippen molar-refractivity contribution in [3.63, 3.8) is 0 Å². The smallest absolute Gasteiger partial charge is 0.344 e. The Hall–Kier alpha value is -2.63. The van der Waals surface area contributed by atoms with E-state index in [1.54, 1.807) is 30.3 Å². The number of carbonyl (C=O) groups is 3. The zero-order valence-electron chi connectivity index (χ0n) is 12.0. The molecule has 0 aromatic heterocycles. The molecule has 0 saturated carbocycles. The maximum Gasteiger partial charge on any atom is 0.344 e. The molecular formula is C15H18N2O4. The van der Waals surface area contributed by atoms with Crippen LogP contribution in [0.2, 0.25) is 0 Å². The third-order valence-corrected chi connectivity index (χ3v) is 2.57. The van der Waals surface area contributed by atoms with Gasteiger partial charge >= 0.3 is 5.97 Å². The van der Waals surface area contributed by atoms with Crippen molar-refractivity contribution in [1.82, 2.24) is 10.6 Å². The maximum atomic E-state index is 11.9. The molecule has 6 nitrogen and oxygen atoms in total. The zero-order valence-corrected chi connectivity index (χ0v) is 12.0. The number of hydrogen-bond acceptors (Lipinski definition) is 4. The van der Waals surface area contributed by atoms with Crippen molar-refractivity contribution >= 4 is 17.8 Å². The first-order valence-corrected chi connectivity index (χ1v) is 6.52. The van der Waals surface area contributed by atoms with Gasteiger partial charge in [0.2, 0.25) is 0 Å². The summed E-state index contributed by atoms with van der Waals surface area (Å²) >= 11 is 0. The molecule has 0 radical (unpaired) electrons. The van der Waals surface area contributed by atoms with Gasteiger partial charge in [0.1, 0.15) is 5.57 Å². The lowest BCUT2D eigenvalue weighted by atomic mass is 10.2. The van der Waals surface area contributed by atoms with Crippen molar-refractivity contribution in [3.05, 3.63) is 47.7 Å². The average Bonchev–Trinajstić information content (AvgIpc) is 2.53. The Bertz CT molecular complexity index is 538. The molecular weight excluding hydrogens is 272 g/mol. The Morgan fingerprint density at radius 3 is 2.43 bits per heavy atom. The minimum Gasteiger partial charge on any atom is -0.465 e. The summed E-state index contributed by atoms with van der Waals surface area (Å²) in [5, 5.41) is 4.96. The van der Waals surface area contributed by atoms with Crippen LogP contribution in [0.5, 0.6) is 0 Å². The van der Waals surface area contributed by atoms with Gasteiger partial charge in [0, 0.05) is 18.3 Å². The molecule has 0 bridgehead atoms. The molecule has 2 amide bonds. The molecule has 0 atom stereocenters. The summed E-state index contributed by atoms with van der Waals surface area (Å²) in [5.74, 6) is -1.81. The molecule has 1 rings (SSSR count). The van der Waals surface area contributed by atoms with Gasteiger partial charge in [0.25, 0.3) is 11.8 Å². The monoisotopic (exact) mass is 290 g/mol. The highest BCUT2D eigenvalue weighted by atomic mass is 16.5. The molecule has 2 N–H and O–H groups in total. The first-order valence-electron chi connectivity index (χ1n) is 6.52. The standard InChI is InChI=1S/C15H18N2O4/c1-3-9-16-14(19)12(15(20)21-2)10-17-13(18)11-7-5-4-6-8-11/h4-8,10H,3,9H2,1-2H3,(H,16,19)(H,17,18)/b12-10-. The highest BCUT2D eigenvalue weighted by Crippen LogP contribution is 2.00. The van der Waals surface area contributed by atoms with Crippen molar-refractivity contribution in [3.8, 4) is 0 Å². The van der Waals surface area contributed by atoms with Gasteiger partial charge in [-0.3, -0.25) is 9.59 Å². The van der Waals surface area contributed by atoms with Crippen molar-refractivity contribution < 1.29 is 19.1 Å². The third-order valence-electron chi connectivity index (χ3n) is 2.57. The second-order valence-corrected chi connectivity index (χ2v) is 4.14. The molecule has 0 aliphatic carbocycles. The van der Waals surface area contributed by atoms with Crippen LogP contribution < -0.4 is 10.6 Å². The summed E-state index contributed by atoms with van der Waals surface area (Å²) in [4.78, 5) is 35.2. The molecule has 6 heteroatoms. The van der Waals surface area contributed by atoms with Gasteiger partial charge in [-0.2, -0.15) is 0 Å². The minimum absolute atomic E-state index is 0.254. The van der Waals surface area contributed by atoms with E-state index in [0.717, 1.165) is 12.6 Å². The Kier molecular flexibility index (Phi) is 6.67. The van der Waals surface area contributed by atoms with Crippen molar-refractivity contribution in [1.29, 1.82) is 0 Å². The zero-order chi connectivity index (χ0) is 15.7. The van der Waals surface area contributed by atoms with E-state index in [4.69, 9.17) is 0 Å². The molecule has 0 heterocycles. The fourth-order valence-electron chi connectivity index (χ4n) is 1.47. The molecule has 0 fully saturated rings. The van der Waals surface area contributed by atoms with E-state index in [0.29, 0.717) is 12.1 Å². The molecule has 1 aromatic carbocycles.